The lowest BCUT2D eigenvalue weighted by molar-refractivity contribution is 0.257. The molecule has 1 atom stereocenters. The summed E-state index contributed by atoms with van der Waals surface area (Å²) in [6.45, 7) is 2.92. The number of anilines is 1. The van der Waals surface area contributed by atoms with E-state index in [1.807, 2.05) is 0 Å². The first kappa shape index (κ1) is 11.3. The van der Waals surface area contributed by atoms with Gasteiger partial charge in [0.15, 0.2) is 0 Å². The Hall–Kier alpha value is -1.23. The van der Waals surface area contributed by atoms with Crippen molar-refractivity contribution >= 4 is 5.82 Å². The quantitative estimate of drug-likeness (QED) is 0.770. The maximum Gasteiger partial charge on any atom is 0.217 e. The molecule has 1 aliphatic rings. The maximum atomic E-state index is 12.8. The summed E-state index contributed by atoms with van der Waals surface area (Å²) < 4.78 is 12.8. The van der Waals surface area contributed by atoms with E-state index < -0.39 is 5.95 Å². The zero-order valence-electron chi connectivity index (χ0n) is 9.65. The van der Waals surface area contributed by atoms with Crippen LogP contribution >= 0.6 is 0 Å². The van der Waals surface area contributed by atoms with Crippen molar-refractivity contribution in [3.63, 3.8) is 0 Å². The van der Waals surface area contributed by atoms with Crippen LogP contribution in [0.5, 0.6) is 0 Å². The van der Waals surface area contributed by atoms with Gasteiger partial charge in [-0.2, -0.15) is 4.39 Å². The number of rotatable bonds is 5. The normalized spacial score (nSPS) is 17.5. The minimum absolute atomic E-state index is 0.422. The fraction of sp³-hybridized carbons (Fsp3) is 0.636. The van der Waals surface area contributed by atoms with Crippen molar-refractivity contribution in [3.05, 3.63) is 18.3 Å². The summed E-state index contributed by atoms with van der Waals surface area (Å²) >= 11 is 0. The fourth-order valence-electron chi connectivity index (χ4n) is 1.67. The molecule has 0 radical (unpaired) electrons. The molecule has 5 heteroatoms. The molecule has 4 nitrogen and oxygen atoms in total. The van der Waals surface area contributed by atoms with Crippen LogP contribution in [-0.2, 0) is 0 Å². The van der Waals surface area contributed by atoms with Gasteiger partial charge in [0.1, 0.15) is 12.1 Å². The van der Waals surface area contributed by atoms with E-state index in [1.54, 1.807) is 0 Å². The van der Waals surface area contributed by atoms with Crippen molar-refractivity contribution in [2.75, 3.05) is 18.9 Å². The third-order valence-electron chi connectivity index (χ3n) is 3.03. The molecule has 1 saturated carbocycles. The molecule has 16 heavy (non-hydrogen) atoms. The zero-order valence-corrected chi connectivity index (χ0v) is 9.65. The lowest BCUT2D eigenvalue weighted by Crippen LogP contribution is -2.36. The maximum absolute atomic E-state index is 12.8. The van der Waals surface area contributed by atoms with Crippen LogP contribution in [0.3, 0.4) is 0 Å². The summed E-state index contributed by atoms with van der Waals surface area (Å²) in [7, 11) is 2.13. The van der Waals surface area contributed by atoms with Gasteiger partial charge in [-0.25, -0.2) is 9.97 Å². The van der Waals surface area contributed by atoms with Gasteiger partial charge in [-0.1, -0.05) is 0 Å². The zero-order chi connectivity index (χ0) is 11.5. The molecule has 88 valence electrons. The number of likely N-dealkylation sites (N-methyl/N-ethyl adjacent to an activating group) is 1. The second kappa shape index (κ2) is 4.74. The van der Waals surface area contributed by atoms with Crippen molar-refractivity contribution in [3.8, 4) is 0 Å². The van der Waals surface area contributed by atoms with Crippen LogP contribution in [0.4, 0.5) is 10.2 Å². The fourth-order valence-corrected chi connectivity index (χ4v) is 1.67. The van der Waals surface area contributed by atoms with Gasteiger partial charge in [0.05, 0.1) is 0 Å². The van der Waals surface area contributed by atoms with Gasteiger partial charge < -0.3 is 5.32 Å². The summed E-state index contributed by atoms with van der Waals surface area (Å²) in [5.41, 5.74) is 0. The van der Waals surface area contributed by atoms with E-state index in [0.717, 1.165) is 12.6 Å². The minimum atomic E-state index is -0.499. The van der Waals surface area contributed by atoms with Gasteiger partial charge in [0.2, 0.25) is 5.95 Å². The summed E-state index contributed by atoms with van der Waals surface area (Å²) in [4.78, 5) is 9.71. The van der Waals surface area contributed by atoms with Crippen molar-refractivity contribution in [1.29, 1.82) is 0 Å². The Morgan fingerprint density at radius 2 is 2.31 bits per heavy atom. The molecule has 1 fully saturated rings. The molecule has 1 aromatic rings. The van der Waals surface area contributed by atoms with Crippen molar-refractivity contribution in [2.24, 2.45) is 0 Å². The van der Waals surface area contributed by atoms with Crippen molar-refractivity contribution < 1.29 is 4.39 Å². The van der Waals surface area contributed by atoms with Crippen LogP contribution in [0.2, 0.25) is 0 Å². The highest BCUT2D eigenvalue weighted by atomic mass is 19.1. The van der Waals surface area contributed by atoms with Crippen LogP contribution < -0.4 is 5.32 Å². The molecule has 0 aromatic carbocycles. The Morgan fingerprint density at radius 1 is 1.56 bits per heavy atom. The summed E-state index contributed by atoms with van der Waals surface area (Å²) in [5.74, 6) is 0.0456. The first-order valence-corrected chi connectivity index (χ1v) is 5.60. The van der Waals surface area contributed by atoms with Crippen molar-refractivity contribution in [2.45, 2.75) is 31.8 Å². The number of nitrogens with zero attached hydrogens (tertiary/aromatic N) is 3. The van der Waals surface area contributed by atoms with E-state index in [-0.39, 0.29) is 0 Å². The number of hydrogen-bond acceptors (Lipinski definition) is 4. The molecule has 1 unspecified atom stereocenters. The van der Waals surface area contributed by atoms with Crippen LogP contribution in [-0.4, -0.2) is 40.5 Å². The van der Waals surface area contributed by atoms with E-state index in [4.69, 9.17) is 0 Å². The summed E-state index contributed by atoms with van der Waals surface area (Å²) in [6.07, 6.45) is 3.82. The SMILES string of the molecule is CC(CNc1cc(F)ncn1)N(C)C1CC1. The molecule has 1 N–H and O–H groups in total. The van der Waals surface area contributed by atoms with Gasteiger partial charge in [-0.05, 0) is 26.8 Å². The molecule has 2 rings (SSSR count). The predicted molar refractivity (Wildman–Crippen MR) is 60.7 cm³/mol. The highest BCUT2D eigenvalue weighted by molar-refractivity contribution is 5.32. The molecular formula is C11H17FN4. The number of halogens is 1. The molecule has 0 bridgehead atoms. The Balaban J connectivity index is 1.82. The lowest BCUT2D eigenvalue weighted by atomic mass is 10.3. The molecule has 0 saturated heterocycles. The van der Waals surface area contributed by atoms with Crippen LogP contribution in [0.25, 0.3) is 0 Å². The predicted octanol–water partition coefficient (Wildman–Crippen LogP) is 1.51. The number of hydrogen-bond donors (Lipinski definition) is 1. The Bertz CT molecular complexity index is 354. The lowest BCUT2D eigenvalue weighted by Gasteiger charge is -2.24. The molecule has 0 spiro atoms. The van der Waals surface area contributed by atoms with Gasteiger partial charge in [0, 0.05) is 24.7 Å². The Kier molecular flexibility index (Phi) is 3.33. The third kappa shape index (κ3) is 2.88. The summed E-state index contributed by atoms with van der Waals surface area (Å²) in [6, 6.07) is 2.47. The van der Waals surface area contributed by atoms with Crippen LogP contribution in [0.15, 0.2) is 12.4 Å². The molecule has 1 aliphatic carbocycles. The van der Waals surface area contributed by atoms with Crippen LogP contribution in [0.1, 0.15) is 19.8 Å². The van der Waals surface area contributed by atoms with Gasteiger partial charge in [-0.3, -0.25) is 4.90 Å². The topological polar surface area (TPSA) is 41.1 Å². The van der Waals surface area contributed by atoms with Crippen LogP contribution in [0, 0.1) is 5.95 Å². The first-order valence-electron chi connectivity index (χ1n) is 5.60. The second-order valence-electron chi connectivity index (χ2n) is 4.35. The average molecular weight is 224 g/mol. The highest BCUT2D eigenvalue weighted by Crippen LogP contribution is 2.26. The van der Waals surface area contributed by atoms with E-state index in [0.29, 0.717) is 11.9 Å². The highest BCUT2D eigenvalue weighted by Gasteiger charge is 2.28. The molecule has 1 heterocycles. The molecule has 0 aliphatic heterocycles. The van der Waals surface area contributed by atoms with Gasteiger partial charge in [-0.15, -0.1) is 0 Å². The second-order valence-corrected chi connectivity index (χ2v) is 4.35. The van der Waals surface area contributed by atoms with Gasteiger partial charge >= 0.3 is 0 Å². The summed E-state index contributed by atoms with van der Waals surface area (Å²) in [5, 5.41) is 3.12. The van der Waals surface area contributed by atoms with E-state index in [2.05, 4.69) is 34.2 Å². The standard InChI is InChI=1S/C11H17FN4/c1-8(16(2)9-3-4-9)6-13-11-5-10(12)14-7-15-11/h5,7-9H,3-4,6H2,1-2H3,(H,13,14,15). The third-order valence-corrected chi connectivity index (χ3v) is 3.03. The monoisotopic (exact) mass is 224 g/mol. The first-order chi connectivity index (χ1) is 7.66. The smallest absolute Gasteiger partial charge is 0.217 e. The molecule has 0 amide bonds. The van der Waals surface area contributed by atoms with E-state index >= 15 is 0 Å². The van der Waals surface area contributed by atoms with Gasteiger partial charge in [0.25, 0.3) is 0 Å². The number of aromatic nitrogens is 2. The Labute approximate surface area is 94.9 Å². The molecular weight excluding hydrogens is 207 g/mol. The van der Waals surface area contributed by atoms with Crippen molar-refractivity contribution in [1.82, 2.24) is 14.9 Å². The number of nitrogens with one attached hydrogen (secondary N) is 1. The Morgan fingerprint density at radius 3 is 2.94 bits per heavy atom. The van der Waals surface area contributed by atoms with E-state index in [9.17, 15) is 4.39 Å². The minimum Gasteiger partial charge on any atom is -0.368 e. The van der Waals surface area contributed by atoms with E-state index in [1.165, 1.54) is 25.2 Å². The average Bonchev–Trinajstić information content (AvgIpc) is 3.09. The largest absolute Gasteiger partial charge is 0.368 e. The molecule has 1 aromatic heterocycles.